The summed E-state index contributed by atoms with van der Waals surface area (Å²) in [4.78, 5) is 0. The Morgan fingerprint density at radius 1 is 0.960 bits per heavy atom. The Balaban J connectivity index is 2.24. The largest absolute Gasteiger partial charge is 0.116 e. The first kappa shape index (κ1) is 18.2. The fourth-order valence-electron chi connectivity index (χ4n) is 5.25. The van der Waals surface area contributed by atoms with E-state index < -0.39 is 8.07 Å². The second kappa shape index (κ2) is 6.95. The van der Waals surface area contributed by atoms with Crippen LogP contribution in [-0.2, 0) is 6.42 Å². The number of hydrogen-bond donors (Lipinski definition) is 0. The van der Waals surface area contributed by atoms with Gasteiger partial charge in [0.2, 0.25) is 0 Å². The lowest BCUT2D eigenvalue weighted by molar-refractivity contribution is 0.872. The Morgan fingerprint density at radius 3 is 2.24 bits per heavy atom. The Bertz CT molecular complexity index is 805. The van der Waals surface area contributed by atoms with Crippen LogP contribution in [0.4, 0.5) is 0 Å². The highest BCUT2D eigenvalue weighted by Crippen LogP contribution is 2.41. The van der Waals surface area contributed by atoms with Gasteiger partial charge in [0.25, 0.3) is 0 Å². The molecule has 25 heavy (non-hydrogen) atoms. The standard InChI is InChI=1S/C24H32Si/c1-7-8-13-25(6,23-18(3)14-17(2)15-19(23)4)24-20(5)16-21-11-9-10-12-22(21)24/h9-12,14-15H,7-8,13,16H2,1-6H3. The summed E-state index contributed by atoms with van der Waals surface area (Å²) in [5, 5.41) is 3.42. The zero-order valence-corrected chi connectivity index (χ0v) is 17.8. The molecular weight excluding hydrogens is 316 g/mol. The van der Waals surface area contributed by atoms with Crippen molar-refractivity contribution in [2.24, 2.45) is 0 Å². The van der Waals surface area contributed by atoms with Crippen LogP contribution in [0.25, 0.3) is 5.20 Å². The minimum atomic E-state index is -1.76. The normalized spacial score (nSPS) is 16.1. The molecule has 0 spiro atoms. The zero-order chi connectivity index (χ0) is 18.2. The van der Waals surface area contributed by atoms with Crippen LogP contribution in [0.5, 0.6) is 0 Å². The summed E-state index contributed by atoms with van der Waals surface area (Å²) >= 11 is 0. The minimum Gasteiger partial charge on any atom is -0.0686 e. The van der Waals surface area contributed by atoms with Crippen molar-refractivity contribution in [3.05, 3.63) is 69.8 Å². The molecule has 132 valence electrons. The summed E-state index contributed by atoms with van der Waals surface area (Å²) in [5.41, 5.74) is 9.10. The molecule has 2 aromatic rings. The first-order chi connectivity index (χ1) is 11.9. The molecule has 2 aromatic carbocycles. The van der Waals surface area contributed by atoms with E-state index in [0.717, 1.165) is 6.42 Å². The van der Waals surface area contributed by atoms with E-state index in [0.29, 0.717) is 0 Å². The number of rotatable bonds is 5. The van der Waals surface area contributed by atoms with Crippen molar-refractivity contribution in [3.63, 3.8) is 0 Å². The van der Waals surface area contributed by atoms with Crippen LogP contribution in [-0.4, -0.2) is 8.07 Å². The number of allylic oxidation sites excluding steroid dienone is 1. The number of benzene rings is 2. The first-order valence-corrected chi connectivity index (χ1v) is 12.5. The van der Waals surface area contributed by atoms with Gasteiger partial charge < -0.3 is 0 Å². The van der Waals surface area contributed by atoms with Crippen LogP contribution in [0.2, 0.25) is 12.6 Å². The molecule has 1 atom stereocenters. The lowest BCUT2D eigenvalue weighted by Gasteiger charge is -2.34. The van der Waals surface area contributed by atoms with Gasteiger partial charge in [0.05, 0.1) is 0 Å². The quantitative estimate of drug-likeness (QED) is 0.559. The summed E-state index contributed by atoms with van der Waals surface area (Å²) in [7, 11) is -1.76. The van der Waals surface area contributed by atoms with Gasteiger partial charge in [0, 0.05) is 0 Å². The lowest BCUT2D eigenvalue weighted by Crippen LogP contribution is -2.49. The third-order valence-electron chi connectivity index (χ3n) is 5.98. The molecule has 0 aromatic heterocycles. The van der Waals surface area contributed by atoms with E-state index in [9.17, 15) is 0 Å². The summed E-state index contributed by atoms with van der Waals surface area (Å²) in [6.45, 7) is 14.2. The maximum atomic E-state index is 2.63. The number of fused-ring (bicyclic) bond motifs is 1. The van der Waals surface area contributed by atoms with E-state index in [1.807, 2.05) is 0 Å². The lowest BCUT2D eigenvalue weighted by atomic mass is 10.1. The van der Waals surface area contributed by atoms with E-state index in [4.69, 9.17) is 0 Å². The Labute approximate surface area is 155 Å². The topological polar surface area (TPSA) is 0 Å². The van der Waals surface area contributed by atoms with Gasteiger partial charge in [-0.3, -0.25) is 0 Å². The van der Waals surface area contributed by atoms with E-state index in [1.165, 1.54) is 41.1 Å². The molecule has 0 heterocycles. The molecule has 0 bridgehead atoms. The monoisotopic (exact) mass is 348 g/mol. The molecule has 0 fully saturated rings. The molecule has 0 amide bonds. The Morgan fingerprint density at radius 2 is 1.60 bits per heavy atom. The maximum absolute atomic E-state index is 2.63. The molecule has 0 aliphatic heterocycles. The van der Waals surface area contributed by atoms with Crippen molar-refractivity contribution in [1.82, 2.24) is 0 Å². The molecule has 3 rings (SSSR count). The van der Waals surface area contributed by atoms with Gasteiger partial charge in [-0.2, -0.15) is 0 Å². The summed E-state index contributed by atoms with van der Waals surface area (Å²) in [6.07, 6.45) is 3.75. The van der Waals surface area contributed by atoms with Crippen molar-refractivity contribution in [2.45, 2.75) is 66.5 Å². The van der Waals surface area contributed by atoms with Gasteiger partial charge in [-0.1, -0.05) is 85.0 Å². The molecule has 1 heteroatoms. The Kier molecular flexibility index (Phi) is 5.06. The highest BCUT2D eigenvalue weighted by molar-refractivity contribution is 7.06. The number of aryl methyl sites for hydroxylation is 3. The van der Waals surface area contributed by atoms with Crippen LogP contribution < -0.4 is 5.19 Å². The molecule has 0 nitrogen and oxygen atoms in total. The minimum absolute atomic E-state index is 1.14. The van der Waals surface area contributed by atoms with Gasteiger partial charge >= 0.3 is 0 Å². The first-order valence-electron chi connectivity index (χ1n) is 9.75. The molecule has 0 saturated carbocycles. The molecule has 0 saturated heterocycles. The molecular formula is C24H32Si. The van der Waals surface area contributed by atoms with E-state index in [2.05, 4.69) is 77.6 Å². The fraction of sp³-hybridized carbons (Fsp3) is 0.417. The molecule has 1 unspecified atom stereocenters. The van der Waals surface area contributed by atoms with Gasteiger partial charge in [0.15, 0.2) is 0 Å². The van der Waals surface area contributed by atoms with Crippen molar-refractivity contribution in [3.8, 4) is 0 Å². The fourth-order valence-corrected chi connectivity index (χ4v) is 10.8. The molecule has 0 radical (unpaired) electrons. The SMILES string of the molecule is CCCC[Si](C)(C1=C(C)Cc2ccccc21)c1c(C)cc(C)cc1C. The van der Waals surface area contributed by atoms with Crippen LogP contribution >= 0.6 is 0 Å². The van der Waals surface area contributed by atoms with E-state index >= 15 is 0 Å². The number of hydrogen-bond acceptors (Lipinski definition) is 0. The highest BCUT2D eigenvalue weighted by atomic mass is 28.3. The third kappa shape index (κ3) is 3.15. The van der Waals surface area contributed by atoms with E-state index in [-0.39, 0.29) is 0 Å². The van der Waals surface area contributed by atoms with E-state index in [1.54, 1.807) is 21.5 Å². The average molecular weight is 349 g/mol. The van der Waals surface area contributed by atoms with Gasteiger partial charge in [-0.15, -0.1) is 0 Å². The van der Waals surface area contributed by atoms with Gasteiger partial charge in [-0.05, 0) is 61.7 Å². The maximum Gasteiger partial charge on any atom is 0.116 e. The van der Waals surface area contributed by atoms with Crippen molar-refractivity contribution >= 4 is 18.5 Å². The van der Waals surface area contributed by atoms with Crippen LogP contribution in [0, 0.1) is 20.8 Å². The van der Waals surface area contributed by atoms with Crippen LogP contribution in [0.15, 0.2) is 42.0 Å². The summed E-state index contributed by atoms with van der Waals surface area (Å²) < 4.78 is 0. The van der Waals surface area contributed by atoms with Gasteiger partial charge in [-0.25, -0.2) is 0 Å². The van der Waals surface area contributed by atoms with Crippen molar-refractivity contribution in [2.75, 3.05) is 0 Å². The second-order valence-corrected chi connectivity index (χ2v) is 12.4. The molecule has 1 aliphatic carbocycles. The van der Waals surface area contributed by atoms with Crippen LogP contribution in [0.3, 0.4) is 0 Å². The highest BCUT2D eigenvalue weighted by Gasteiger charge is 2.40. The zero-order valence-electron chi connectivity index (χ0n) is 16.8. The molecule has 1 aliphatic rings. The molecule has 0 N–H and O–H groups in total. The summed E-state index contributed by atoms with van der Waals surface area (Å²) in [6, 6.07) is 15.3. The van der Waals surface area contributed by atoms with Crippen molar-refractivity contribution in [1.29, 1.82) is 0 Å². The average Bonchev–Trinajstić information content (AvgIpc) is 2.88. The Hall–Kier alpha value is -1.60. The predicted molar refractivity (Wildman–Crippen MR) is 114 cm³/mol. The number of unbranched alkanes of at least 4 members (excludes halogenated alkanes) is 1. The predicted octanol–water partition coefficient (Wildman–Crippen LogP) is 6.27. The third-order valence-corrected chi connectivity index (χ3v) is 11.0. The van der Waals surface area contributed by atoms with Crippen molar-refractivity contribution < 1.29 is 0 Å². The van der Waals surface area contributed by atoms with Gasteiger partial charge in [0.1, 0.15) is 8.07 Å². The second-order valence-electron chi connectivity index (χ2n) is 8.20. The smallest absolute Gasteiger partial charge is 0.0686 e. The summed E-state index contributed by atoms with van der Waals surface area (Å²) in [5.74, 6) is 0. The van der Waals surface area contributed by atoms with Crippen LogP contribution in [0.1, 0.15) is 54.5 Å².